The summed E-state index contributed by atoms with van der Waals surface area (Å²) in [5.41, 5.74) is 5.20. The molecule has 0 aliphatic carbocycles. The van der Waals surface area contributed by atoms with Gasteiger partial charge in [-0.05, 0) is 50.1 Å². The van der Waals surface area contributed by atoms with E-state index in [0.717, 1.165) is 12.2 Å². The maximum absolute atomic E-state index is 9.80. The fourth-order valence-electron chi connectivity index (χ4n) is 2.02. The van der Waals surface area contributed by atoms with E-state index in [4.69, 9.17) is 0 Å². The van der Waals surface area contributed by atoms with E-state index in [-0.39, 0.29) is 6.10 Å². The third-order valence-electron chi connectivity index (χ3n) is 2.64. The summed E-state index contributed by atoms with van der Waals surface area (Å²) in [6.07, 6.45) is 2.58. The Morgan fingerprint density at radius 2 is 1.73 bits per heavy atom. The molecule has 0 fully saturated rings. The second kappa shape index (κ2) is 5.57. The van der Waals surface area contributed by atoms with Gasteiger partial charge in [-0.3, -0.25) is 0 Å². The lowest BCUT2D eigenvalue weighted by Gasteiger charge is -2.14. The van der Waals surface area contributed by atoms with Crippen molar-refractivity contribution in [3.05, 3.63) is 34.4 Å². The number of benzene rings is 1. The second-order valence-electron chi connectivity index (χ2n) is 4.19. The molecule has 2 heteroatoms. The van der Waals surface area contributed by atoms with Gasteiger partial charge in [0.2, 0.25) is 0 Å². The van der Waals surface area contributed by atoms with Crippen LogP contribution in [0.15, 0.2) is 12.1 Å². The van der Waals surface area contributed by atoms with Gasteiger partial charge in [0.05, 0.1) is 6.10 Å². The zero-order valence-electron chi connectivity index (χ0n) is 10.0. The van der Waals surface area contributed by atoms with Crippen LogP contribution in [0.2, 0.25) is 0 Å². The third kappa shape index (κ3) is 3.54. The zero-order chi connectivity index (χ0) is 11.4. The smallest absolute Gasteiger partial charge is 0.0670 e. The Morgan fingerprint density at radius 1 is 1.20 bits per heavy atom. The highest BCUT2D eigenvalue weighted by molar-refractivity contribution is 7.98. The number of aliphatic hydroxyl groups excluding tert-OH is 1. The molecule has 1 unspecified atom stereocenters. The average molecular weight is 224 g/mol. The van der Waals surface area contributed by atoms with Crippen LogP contribution in [0, 0.1) is 20.8 Å². The molecule has 84 valence electrons. The average Bonchev–Trinajstić information content (AvgIpc) is 2.11. The molecule has 0 spiro atoms. The van der Waals surface area contributed by atoms with Crippen molar-refractivity contribution in [3.63, 3.8) is 0 Å². The summed E-state index contributed by atoms with van der Waals surface area (Å²) < 4.78 is 0. The van der Waals surface area contributed by atoms with Crippen molar-refractivity contribution in [2.45, 2.75) is 33.3 Å². The van der Waals surface area contributed by atoms with Gasteiger partial charge in [0, 0.05) is 5.75 Å². The lowest BCUT2D eigenvalue weighted by Crippen LogP contribution is -2.15. The minimum Gasteiger partial charge on any atom is -0.392 e. The summed E-state index contributed by atoms with van der Waals surface area (Å²) >= 11 is 1.69. The van der Waals surface area contributed by atoms with Crippen molar-refractivity contribution in [2.75, 3.05) is 12.0 Å². The molecule has 0 aliphatic rings. The van der Waals surface area contributed by atoms with Crippen molar-refractivity contribution < 1.29 is 5.11 Å². The lowest BCUT2D eigenvalue weighted by molar-refractivity contribution is 0.200. The monoisotopic (exact) mass is 224 g/mol. The first kappa shape index (κ1) is 12.6. The number of rotatable bonds is 4. The summed E-state index contributed by atoms with van der Waals surface area (Å²) in [7, 11) is 0. The van der Waals surface area contributed by atoms with Gasteiger partial charge in [-0.1, -0.05) is 17.7 Å². The Kier molecular flexibility index (Phi) is 4.68. The first-order valence-electron chi connectivity index (χ1n) is 5.28. The molecular formula is C13H20OS. The fourth-order valence-corrected chi connectivity index (χ4v) is 2.52. The van der Waals surface area contributed by atoms with Crippen molar-refractivity contribution >= 4 is 11.8 Å². The summed E-state index contributed by atoms with van der Waals surface area (Å²) in [6, 6.07) is 4.38. The Labute approximate surface area is 96.9 Å². The predicted molar refractivity (Wildman–Crippen MR) is 68.7 cm³/mol. The molecular weight excluding hydrogens is 204 g/mol. The molecule has 0 aromatic heterocycles. The van der Waals surface area contributed by atoms with E-state index in [0.29, 0.717) is 0 Å². The summed E-state index contributed by atoms with van der Waals surface area (Å²) in [5.74, 6) is 0.812. The van der Waals surface area contributed by atoms with E-state index in [1.807, 2.05) is 6.26 Å². The van der Waals surface area contributed by atoms with Gasteiger partial charge >= 0.3 is 0 Å². The molecule has 1 aromatic rings. The molecule has 1 atom stereocenters. The van der Waals surface area contributed by atoms with Gasteiger partial charge in [0.1, 0.15) is 0 Å². The van der Waals surface area contributed by atoms with Gasteiger partial charge < -0.3 is 5.11 Å². The molecule has 1 nitrogen and oxygen atoms in total. The minimum absolute atomic E-state index is 0.222. The number of aryl methyl sites for hydroxylation is 3. The van der Waals surface area contributed by atoms with Crippen molar-refractivity contribution in [1.82, 2.24) is 0 Å². The summed E-state index contributed by atoms with van der Waals surface area (Å²) in [4.78, 5) is 0. The third-order valence-corrected chi connectivity index (χ3v) is 3.36. The molecule has 1 aromatic carbocycles. The standard InChI is InChI=1S/C13H20OS/c1-9-5-10(2)13(11(3)6-9)7-12(14)8-15-4/h5-6,12,14H,7-8H2,1-4H3. The molecule has 0 amide bonds. The Morgan fingerprint density at radius 3 is 2.20 bits per heavy atom. The summed E-state index contributed by atoms with van der Waals surface area (Å²) in [5, 5.41) is 9.80. The SMILES string of the molecule is CSCC(O)Cc1c(C)cc(C)cc1C. The molecule has 1 N–H and O–H groups in total. The van der Waals surface area contributed by atoms with E-state index in [2.05, 4.69) is 32.9 Å². The largest absolute Gasteiger partial charge is 0.392 e. The fraction of sp³-hybridized carbons (Fsp3) is 0.538. The van der Waals surface area contributed by atoms with Crippen LogP contribution in [0.5, 0.6) is 0 Å². The molecule has 0 bridgehead atoms. The van der Waals surface area contributed by atoms with Gasteiger partial charge in [0.15, 0.2) is 0 Å². The Balaban J connectivity index is 2.85. The first-order valence-corrected chi connectivity index (χ1v) is 6.67. The van der Waals surface area contributed by atoms with Gasteiger partial charge in [-0.2, -0.15) is 11.8 Å². The van der Waals surface area contributed by atoms with Crippen LogP contribution in [-0.4, -0.2) is 23.2 Å². The van der Waals surface area contributed by atoms with Crippen LogP contribution in [0.4, 0.5) is 0 Å². The molecule has 0 heterocycles. The topological polar surface area (TPSA) is 20.2 Å². The molecule has 15 heavy (non-hydrogen) atoms. The molecule has 0 aliphatic heterocycles. The molecule has 1 rings (SSSR count). The van der Waals surface area contributed by atoms with E-state index in [1.54, 1.807) is 11.8 Å². The van der Waals surface area contributed by atoms with Gasteiger partial charge in [0.25, 0.3) is 0 Å². The maximum Gasteiger partial charge on any atom is 0.0670 e. The predicted octanol–water partition coefficient (Wildman–Crippen LogP) is 2.88. The molecule has 0 saturated carbocycles. The highest BCUT2D eigenvalue weighted by Crippen LogP contribution is 2.18. The van der Waals surface area contributed by atoms with Crippen molar-refractivity contribution in [2.24, 2.45) is 0 Å². The number of aliphatic hydroxyl groups is 1. The molecule has 0 radical (unpaired) electrons. The molecule has 0 saturated heterocycles. The van der Waals surface area contributed by atoms with Crippen LogP contribution < -0.4 is 0 Å². The second-order valence-corrected chi connectivity index (χ2v) is 5.10. The normalized spacial score (nSPS) is 12.9. The van der Waals surface area contributed by atoms with E-state index >= 15 is 0 Å². The maximum atomic E-state index is 9.80. The van der Waals surface area contributed by atoms with Gasteiger partial charge in [-0.25, -0.2) is 0 Å². The van der Waals surface area contributed by atoms with Crippen LogP contribution in [0.3, 0.4) is 0 Å². The number of hydrogen-bond acceptors (Lipinski definition) is 2. The Hall–Kier alpha value is -0.470. The number of thioether (sulfide) groups is 1. The number of hydrogen-bond donors (Lipinski definition) is 1. The highest BCUT2D eigenvalue weighted by Gasteiger charge is 2.09. The van der Waals surface area contributed by atoms with Crippen LogP contribution in [0.25, 0.3) is 0 Å². The summed E-state index contributed by atoms with van der Waals surface area (Å²) in [6.45, 7) is 6.37. The van der Waals surface area contributed by atoms with E-state index in [9.17, 15) is 5.11 Å². The van der Waals surface area contributed by atoms with Crippen molar-refractivity contribution in [3.8, 4) is 0 Å². The van der Waals surface area contributed by atoms with Crippen molar-refractivity contribution in [1.29, 1.82) is 0 Å². The minimum atomic E-state index is -0.222. The van der Waals surface area contributed by atoms with E-state index < -0.39 is 0 Å². The van der Waals surface area contributed by atoms with E-state index in [1.165, 1.54) is 22.3 Å². The highest BCUT2D eigenvalue weighted by atomic mass is 32.2. The lowest BCUT2D eigenvalue weighted by atomic mass is 9.96. The van der Waals surface area contributed by atoms with Crippen LogP contribution >= 0.6 is 11.8 Å². The van der Waals surface area contributed by atoms with Crippen LogP contribution in [-0.2, 0) is 6.42 Å². The van der Waals surface area contributed by atoms with Gasteiger partial charge in [-0.15, -0.1) is 0 Å². The van der Waals surface area contributed by atoms with Crippen LogP contribution in [0.1, 0.15) is 22.3 Å². The quantitative estimate of drug-likeness (QED) is 0.848. The first-order chi connectivity index (χ1) is 7.04. The Bertz CT molecular complexity index is 310. The zero-order valence-corrected chi connectivity index (χ0v) is 10.8.